The molecule has 4 nitrogen and oxygen atoms in total. The molecule has 1 N–H and O–H groups in total. The standard InChI is InChI=1S/C14H19NO3/c1-15(9-10-7-8-10)13(14(16)17)11-5-3-4-6-12(11)18-2/h3-6,10,13H,7-9H2,1-2H3,(H,16,17). The van der Waals surface area contributed by atoms with Gasteiger partial charge in [-0.3, -0.25) is 9.69 Å². The maximum Gasteiger partial charge on any atom is 0.325 e. The predicted octanol–water partition coefficient (Wildman–Crippen LogP) is 2.16. The van der Waals surface area contributed by atoms with E-state index in [1.54, 1.807) is 13.2 Å². The van der Waals surface area contributed by atoms with Crippen LogP contribution in [0.3, 0.4) is 0 Å². The highest BCUT2D eigenvalue weighted by atomic mass is 16.5. The Bertz CT molecular complexity index is 429. The number of hydrogen-bond donors (Lipinski definition) is 1. The van der Waals surface area contributed by atoms with Crippen molar-refractivity contribution < 1.29 is 14.6 Å². The van der Waals surface area contributed by atoms with Crippen LogP contribution in [-0.2, 0) is 4.79 Å². The first-order valence-corrected chi connectivity index (χ1v) is 6.19. The van der Waals surface area contributed by atoms with Gasteiger partial charge in [0, 0.05) is 12.1 Å². The van der Waals surface area contributed by atoms with Crippen LogP contribution in [-0.4, -0.2) is 36.7 Å². The monoisotopic (exact) mass is 249 g/mol. The third-order valence-electron chi connectivity index (χ3n) is 3.35. The molecule has 0 aromatic heterocycles. The summed E-state index contributed by atoms with van der Waals surface area (Å²) in [5.41, 5.74) is 0.718. The number of hydrogen-bond acceptors (Lipinski definition) is 3. The van der Waals surface area contributed by atoms with E-state index in [0.717, 1.165) is 12.1 Å². The second-order valence-electron chi connectivity index (χ2n) is 4.87. The Balaban J connectivity index is 2.24. The zero-order valence-corrected chi connectivity index (χ0v) is 10.8. The number of carbonyl (C=O) groups is 1. The Labute approximate surface area is 107 Å². The minimum Gasteiger partial charge on any atom is -0.496 e. The lowest BCUT2D eigenvalue weighted by Crippen LogP contribution is -2.32. The molecule has 0 radical (unpaired) electrons. The summed E-state index contributed by atoms with van der Waals surface area (Å²) in [5, 5.41) is 9.45. The van der Waals surface area contributed by atoms with Gasteiger partial charge in [0.25, 0.3) is 0 Å². The zero-order valence-electron chi connectivity index (χ0n) is 10.8. The lowest BCUT2D eigenvalue weighted by Gasteiger charge is -2.26. The fourth-order valence-corrected chi connectivity index (χ4v) is 2.26. The molecule has 1 aromatic rings. The number of benzene rings is 1. The average molecular weight is 249 g/mol. The second kappa shape index (κ2) is 5.40. The van der Waals surface area contributed by atoms with E-state index in [-0.39, 0.29) is 0 Å². The molecule has 0 heterocycles. The molecule has 18 heavy (non-hydrogen) atoms. The Hall–Kier alpha value is -1.55. The van der Waals surface area contributed by atoms with Crippen LogP contribution in [0.5, 0.6) is 5.75 Å². The summed E-state index contributed by atoms with van der Waals surface area (Å²) in [7, 11) is 3.43. The number of rotatable bonds is 6. The molecule has 1 aliphatic rings. The summed E-state index contributed by atoms with van der Waals surface area (Å²) in [6, 6.07) is 6.68. The normalized spacial score (nSPS) is 16.6. The summed E-state index contributed by atoms with van der Waals surface area (Å²) in [4.78, 5) is 13.4. The van der Waals surface area contributed by atoms with Gasteiger partial charge in [0.15, 0.2) is 0 Å². The first kappa shape index (κ1) is 12.9. The number of aliphatic carboxylic acids is 1. The van der Waals surface area contributed by atoms with Gasteiger partial charge in [-0.25, -0.2) is 0 Å². The molecule has 0 amide bonds. The van der Waals surface area contributed by atoms with Gasteiger partial charge in [0.1, 0.15) is 11.8 Å². The van der Waals surface area contributed by atoms with Gasteiger partial charge >= 0.3 is 5.97 Å². The first-order valence-electron chi connectivity index (χ1n) is 6.19. The number of carboxylic acids is 1. The SMILES string of the molecule is COc1ccccc1C(C(=O)O)N(C)CC1CC1. The van der Waals surface area contributed by atoms with Gasteiger partial charge in [-0.2, -0.15) is 0 Å². The van der Waals surface area contributed by atoms with Crippen molar-refractivity contribution in [2.75, 3.05) is 20.7 Å². The van der Waals surface area contributed by atoms with Crippen LogP contribution in [0.25, 0.3) is 0 Å². The molecule has 0 spiro atoms. The van der Waals surface area contributed by atoms with Crippen LogP contribution in [0.2, 0.25) is 0 Å². The fraction of sp³-hybridized carbons (Fsp3) is 0.500. The Morgan fingerprint density at radius 1 is 1.50 bits per heavy atom. The first-order chi connectivity index (χ1) is 8.63. The largest absolute Gasteiger partial charge is 0.496 e. The van der Waals surface area contributed by atoms with E-state index in [2.05, 4.69) is 0 Å². The molecule has 1 atom stereocenters. The second-order valence-corrected chi connectivity index (χ2v) is 4.87. The lowest BCUT2D eigenvalue weighted by molar-refractivity contribution is -0.143. The molecule has 1 unspecified atom stereocenters. The summed E-state index contributed by atoms with van der Waals surface area (Å²) >= 11 is 0. The van der Waals surface area contributed by atoms with Gasteiger partial charge in [0.05, 0.1) is 7.11 Å². The number of ether oxygens (including phenoxy) is 1. The maximum absolute atomic E-state index is 11.5. The minimum atomic E-state index is -0.831. The average Bonchev–Trinajstić information content (AvgIpc) is 3.13. The minimum absolute atomic E-state index is 0.632. The number of para-hydroxylation sites is 1. The van der Waals surface area contributed by atoms with Crippen molar-refractivity contribution in [3.05, 3.63) is 29.8 Å². The van der Waals surface area contributed by atoms with Crippen LogP contribution in [0.1, 0.15) is 24.4 Å². The van der Waals surface area contributed by atoms with Gasteiger partial charge in [-0.05, 0) is 31.9 Å². The highest BCUT2D eigenvalue weighted by Crippen LogP contribution is 2.34. The number of nitrogens with zero attached hydrogens (tertiary/aromatic N) is 1. The van der Waals surface area contributed by atoms with Crippen molar-refractivity contribution in [3.63, 3.8) is 0 Å². The van der Waals surface area contributed by atoms with Gasteiger partial charge < -0.3 is 9.84 Å². The van der Waals surface area contributed by atoms with E-state index in [4.69, 9.17) is 4.74 Å². The highest BCUT2D eigenvalue weighted by molar-refractivity contribution is 5.76. The van der Waals surface area contributed by atoms with Crippen molar-refractivity contribution in [3.8, 4) is 5.75 Å². The topological polar surface area (TPSA) is 49.8 Å². The van der Waals surface area contributed by atoms with Crippen LogP contribution in [0.4, 0.5) is 0 Å². The Morgan fingerprint density at radius 2 is 2.17 bits per heavy atom. The van der Waals surface area contributed by atoms with Crippen LogP contribution < -0.4 is 4.74 Å². The van der Waals surface area contributed by atoms with E-state index in [0.29, 0.717) is 11.7 Å². The highest BCUT2D eigenvalue weighted by Gasteiger charge is 2.31. The van der Waals surface area contributed by atoms with Crippen LogP contribution in [0.15, 0.2) is 24.3 Å². The molecule has 1 saturated carbocycles. The molecular formula is C14H19NO3. The molecule has 98 valence electrons. The van der Waals surface area contributed by atoms with E-state index in [9.17, 15) is 9.90 Å². The fourth-order valence-electron chi connectivity index (χ4n) is 2.26. The van der Waals surface area contributed by atoms with E-state index < -0.39 is 12.0 Å². The molecule has 1 aromatic carbocycles. The molecule has 0 bridgehead atoms. The van der Waals surface area contributed by atoms with Gasteiger partial charge in [-0.15, -0.1) is 0 Å². The predicted molar refractivity (Wildman–Crippen MR) is 68.7 cm³/mol. The van der Waals surface area contributed by atoms with Crippen molar-refractivity contribution in [2.45, 2.75) is 18.9 Å². The Kier molecular flexibility index (Phi) is 3.87. The van der Waals surface area contributed by atoms with Crippen molar-refractivity contribution in [2.24, 2.45) is 5.92 Å². The van der Waals surface area contributed by atoms with Gasteiger partial charge in [0.2, 0.25) is 0 Å². The molecule has 1 fully saturated rings. The smallest absolute Gasteiger partial charge is 0.325 e. The van der Waals surface area contributed by atoms with Crippen LogP contribution in [0, 0.1) is 5.92 Å². The molecule has 1 aliphatic carbocycles. The molecule has 0 aliphatic heterocycles. The summed E-state index contributed by atoms with van der Waals surface area (Å²) < 4.78 is 5.26. The van der Waals surface area contributed by atoms with Gasteiger partial charge in [-0.1, -0.05) is 18.2 Å². The van der Waals surface area contributed by atoms with Crippen molar-refractivity contribution >= 4 is 5.97 Å². The van der Waals surface area contributed by atoms with Crippen molar-refractivity contribution in [1.29, 1.82) is 0 Å². The lowest BCUT2D eigenvalue weighted by atomic mass is 10.0. The van der Waals surface area contributed by atoms with E-state index >= 15 is 0 Å². The summed E-state index contributed by atoms with van der Waals surface area (Å²) in [6.07, 6.45) is 2.42. The maximum atomic E-state index is 11.5. The third-order valence-corrected chi connectivity index (χ3v) is 3.35. The quantitative estimate of drug-likeness (QED) is 0.839. The summed E-state index contributed by atoms with van der Waals surface area (Å²) in [5.74, 6) is 0.460. The number of likely N-dealkylation sites (N-methyl/N-ethyl adjacent to an activating group) is 1. The summed E-state index contributed by atoms with van der Waals surface area (Å²) in [6.45, 7) is 0.828. The van der Waals surface area contributed by atoms with Crippen molar-refractivity contribution in [1.82, 2.24) is 4.90 Å². The Morgan fingerprint density at radius 3 is 2.72 bits per heavy atom. The molecular weight excluding hydrogens is 230 g/mol. The van der Waals surface area contributed by atoms with E-state index in [1.807, 2.05) is 30.1 Å². The third kappa shape index (κ3) is 2.82. The van der Waals surface area contributed by atoms with E-state index in [1.165, 1.54) is 12.8 Å². The zero-order chi connectivity index (χ0) is 13.1. The molecule has 4 heteroatoms. The van der Waals surface area contributed by atoms with Crippen LogP contribution >= 0.6 is 0 Å². The molecule has 2 rings (SSSR count). The number of methoxy groups -OCH3 is 1. The molecule has 0 saturated heterocycles. The number of carboxylic acid groups (broad SMARTS) is 1.